The number of hydrogen-bond acceptors (Lipinski definition) is 6. The molecule has 2 aromatic heterocycles. The van der Waals surface area contributed by atoms with Crippen molar-refractivity contribution in [2.24, 2.45) is 5.92 Å². The van der Waals surface area contributed by atoms with Gasteiger partial charge in [0.05, 0.1) is 5.92 Å². The van der Waals surface area contributed by atoms with Gasteiger partial charge in [-0.15, -0.1) is 10.2 Å². The molecule has 0 bridgehead atoms. The van der Waals surface area contributed by atoms with E-state index < -0.39 is 5.97 Å². The van der Waals surface area contributed by atoms with E-state index in [1.807, 2.05) is 0 Å². The molecule has 8 heteroatoms. The zero-order chi connectivity index (χ0) is 14.4. The smallest absolute Gasteiger partial charge is 0.306 e. The second kappa shape index (κ2) is 5.03. The molecule has 1 saturated carbocycles. The molecule has 1 aliphatic heterocycles. The van der Waals surface area contributed by atoms with Crippen molar-refractivity contribution in [2.45, 2.75) is 44.1 Å². The number of carboxylic acids is 1. The van der Waals surface area contributed by atoms with Gasteiger partial charge in [0.2, 0.25) is 4.96 Å². The highest BCUT2D eigenvalue weighted by Gasteiger charge is 2.33. The predicted octanol–water partition coefficient (Wildman–Crippen LogP) is 2.01. The van der Waals surface area contributed by atoms with Crippen LogP contribution in [0.15, 0.2) is 0 Å². The molecule has 0 aromatic carbocycles. The lowest BCUT2D eigenvalue weighted by molar-refractivity contribution is -0.141. The molecule has 21 heavy (non-hydrogen) atoms. The van der Waals surface area contributed by atoms with Crippen LogP contribution in [0.25, 0.3) is 4.96 Å². The van der Waals surface area contributed by atoms with Crippen LogP contribution in [0.5, 0.6) is 0 Å². The molecule has 0 spiro atoms. The minimum atomic E-state index is -0.694. The first-order valence-electron chi connectivity index (χ1n) is 7.29. The largest absolute Gasteiger partial charge is 0.481 e. The summed E-state index contributed by atoms with van der Waals surface area (Å²) in [5.41, 5.74) is 0. The van der Waals surface area contributed by atoms with E-state index in [9.17, 15) is 4.79 Å². The molecule has 2 aliphatic rings. The standard InChI is InChI=1S/C13H16N4O3S/c18-12(19)8-4-3-7(6-8)11-16-17-10(9-2-1-5-20-9)14-15-13(17)21-11/h7-9H,1-6H2,(H,18,19). The molecule has 7 nitrogen and oxygen atoms in total. The molecule has 3 atom stereocenters. The Morgan fingerprint density at radius 3 is 2.95 bits per heavy atom. The van der Waals surface area contributed by atoms with Gasteiger partial charge in [-0.05, 0) is 32.1 Å². The Kier molecular flexibility index (Phi) is 3.15. The third kappa shape index (κ3) is 2.22. The zero-order valence-electron chi connectivity index (χ0n) is 11.4. The normalized spacial score (nSPS) is 29.4. The first-order chi connectivity index (χ1) is 10.2. The Balaban J connectivity index is 1.61. The summed E-state index contributed by atoms with van der Waals surface area (Å²) in [6, 6.07) is 0. The molecule has 2 fully saturated rings. The van der Waals surface area contributed by atoms with Crippen molar-refractivity contribution in [3.05, 3.63) is 10.8 Å². The van der Waals surface area contributed by atoms with E-state index >= 15 is 0 Å². The molecular weight excluding hydrogens is 292 g/mol. The second-order valence-electron chi connectivity index (χ2n) is 5.74. The van der Waals surface area contributed by atoms with Crippen molar-refractivity contribution in [3.63, 3.8) is 0 Å². The molecule has 1 N–H and O–H groups in total. The monoisotopic (exact) mass is 308 g/mol. The number of hydrogen-bond donors (Lipinski definition) is 1. The summed E-state index contributed by atoms with van der Waals surface area (Å²) in [6.07, 6.45) is 4.28. The molecule has 0 radical (unpaired) electrons. The van der Waals surface area contributed by atoms with E-state index in [0.717, 1.165) is 48.1 Å². The maximum Gasteiger partial charge on any atom is 0.306 e. The zero-order valence-corrected chi connectivity index (χ0v) is 12.3. The van der Waals surface area contributed by atoms with Crippen LogP contribution in [0.3, 0.4) is 0 Å². The summed E-state index contributed by atoms with van der Waals surface area (Å²) in [5, 5.41) is 23.1. The Bertz CT molecular complexity index is 676. The Morgan fingerprint density at radius 1 is 1.33 bits per heavy atom. The molecule has 4 rings (SSSR count). The highest BCUT2D eigenvalue weighted by atomic mass is 32.1. The third-order valence-electron chi connectivity index (χ3n) is 4.38. The average Bonchev–Trinajstić information content (AvgIpc) is 3.21. The molecule has 112 valence electrons. The van der Waals surface area contributed by atoms with Crippen LogP contribution in [-0.4, -0.2) is 37.5 Å². The van der Waals surface area contributed by atoms with Crippen LogP contribution < -0.4 is 0 Å². The number of carboxylic acid groups (broad SMARTS) is 1. The van der Waals surface area contributed by atoms with Crippen molar-refractivity contribution in [2.75, 3.05) is 6.61 Å². The summed E-state index contributed by atoms with van der Waals surface area (Å²) >= 11 is 1.52. The van der Waals surface area contributed by atoms with Crippen molar-refractivity contribution in [1.29, 1.82) is 0 Å². The number of rotatable bonds is 3. The molecule has 1 aliphatic carbocycles. The topological polar surface area (TPSA) is 89.6 Å². The van der Waals surface area contributed by atoms with Gasteiger partial charge in [-0.1, -0.05) is 11.3 Å². The summed E-state index contributed by atoms with van der Waals surface area (Å²) in [6.45, 7) is 0.763. The summed E-state index contributed by atoms with van der Waals surface area (Å²) in [4.78, 5) is 11.8. The van der Waals surface area contributed by atoms with E-state index in [0.29, 0.717) is 6.42 Å². The first kappa shape index (κ1) is 13.1. The molecular formula is C13H16N4O3S. The van der Waals surface area contributed by atoms with Gasteiger partial charge in [0.1, 0.15) is 11.1 Å². The third-order valence-corrected chi connectivity index (χ3v) is 5.44. The number of nitrogens with zero attached hydrogens (tertiary/aromatic N) is 4. The summed E-state index contributed by atoms with van der Waals surface area (Å²) < 4.78 is 7.43. The maximum atomic E-state index is 11.1. The molecule has 0 amide bonds. The second-order valence-corrected chi connectivity index (χ2v) is 6.73. The highest BCUT2D eigenvalue weighted by Crippen LogP contribution is 2.40. The maximum absolute atomic E-state index is 11.1. The predicted molar refractivity (Wildman–Crippen MR) is 74.3 cm³/mol. The van der Waals surface area contributed by atoms with Crippen molar-refractivity contribution < 1.29 is 14.6 Å². The fourth-order valence-electron chi connectivity index (χ4n) is 3.22. The first-order valence-corrected chi connectivity index (χ1v) is 8.10. The Labute approximate surface area is 124 Å². The van der Waals surface area contributed by atoms with Gasteiger partial charge in [-0.2, -0.15) is 9.61 Å². The quantitative estimate of drug-likeness (QED) is 0.933. The SMILES string of the molecule is O=C(O)C1CCC(c2nn3c(C4CCCO4)nnc3s2)C1. The highest BCUT2D eigenvalue weighted by molar-refractivity contribution is 7.16. The van der Waals surface area contributed by atoms with Crippen molar-refractivity contribution in [3.8, 4) is 0 Å². The summed E-state index contributed by atoms with van der Waals surface area (Å²) in [5.74, 6) is 0.0791. The van der Waals surface area contributed by atoms with Gasteiger partial charge in [0, 0.05) is 12.5 Å². The van der Waals surface area contributed by atoms with Gasteiger partial charge >= 0.3 is 5.97 Å². The number of carbonyl (C=O) groups is 1. The van der Waals surface area contributed by atoms with Crippen molar-refractivity contribution >= 4 is 22.3 Å². The minimum Gasteiger partial charge on any atom is -0.481 e. The van der Waals surface area contributed by atoms with Gasteiger partial charge in [0.15, 0.2) is 5.82 Å². The van der Waals surface area contributed by atoms with Crippen LogP contribution in [0.1, 0.15) is 55.0 Å². The van der Waals surface area contributed by atoms with Crippen LogP contribution in [-0.2, 0) is 9.53 Å². The van der Waals surface area contributed by atoms with Gasteiger partial charge in [-0.3, -0.25) is 4.79 Å². The fourth-order valence-corrected chi connectivity index (χ4v) is 4.22. The van der Waals surface area contributed by atoms with E-state index in [4.69, 9.17) is 9.84 Å². The molecule has 1 saturated heterocycles. The van der Waals surface area contributed by atoms with Crippen LogP contribution in [0.4, 0.5) is 0 Å². The van der Waals surface area contributed by atoms with Gasteiger partial charge in [-0.25, -0.2) is 0 Å². The number of aromatic nitrogens is 4. The Hall–Kier alpha value is -1.54. The Morgan fingerprint density at radius 2 is 2.24 bits per heavy atom. The lowest BCUT2D eigenvalue weighted by Gasteiger charge is -2.06. The summed E-state index contributed by atoms with van der Waals surface area (Å²) in [7, 11) is 0. The van der Waals surface area contributed by atoms with Crippen LogP contribution >= 0.6 is 11.3 Å². The molecule has 3 unspecified atom stereocenters. The van der Waals surface area contributed by atoms with Crippen LogP contribution in [0, 0.1) is 5.92 Å². The van der Waals surface area contributed by atoms with E-state index in [1.54, 1.807) is 4.52 Å². The number of fused-ring (bicyclic) bond motifs is 1. The minimum absolute atomic E-state index is 0.00899. The fraction of sp³-hybridized carbons (Fsp3) is 0.692. The van der Waals surface area contributed by atoms with E-state index in [2.05, 4.69) is 15.3 Å². The van der Waals surface area contributed by atoms with E-state index in [-0.39, 0.29) is 17.9 Å². The molecule has 2 aromatic rings. The van der Waals surface area contributed by atoms with Gasteiger partial charge < -0.3 is 9.84 Å². The average molecular weight is 308 g/mol. The van der Waals surface area contributed by atoms with E-state index in [1.165, 1.54) is 11.3 Å². The molecule has 3 heterocycles. The number of aliphatic carboxylic acids is 1. The van der Waals surface area contributed by atoms with Crippen molar-refractivity contribution in [1.82, 2.24) is 19.8 Å². The van der Waals surface area contributed by atoms with Crippen LogP contribution in [0.2, 0.25) is 0 Å². The lowest BCUT2D eigenvalue weighted by atomic mass is 10.1. The number of ether oxygens (including phenoxy) is 1. The van der Waals surface area contributed by atoms with Gasteiger partial charge in [0.25, 0.3) is 0 Å². The lowest BCUT2D eigenvalue weighted by Crippen LogP contribution is -2.09.